The summed E-state index contributed by atoms with van der Waals surface area (Å²) in [4.78, 5) is 13.5. The van der Waals surface area contributed by atoms with Gasteiger partial charge in [-0.1, -0.05) is 12.1 Å². The van der Waals surface area contributed by atoms with Crippen LogP contribution in [0.15, 0.2) is 5.16 Å². The van der Waals surface area contributed by atoms with Gasteiger partial charge in [0.15, 0.2) is 0 Å². The SMILES string of the molecule is CC1CCC(N(C)C(=O)CC(N)=NO)CC1. The summed E-state index contributed by atoms with van der Waals surface area (Å²) in [6.07, 6.45) is 4.45. The highest BCUT2D eigenvalue weighted by Gasteiger charge is 2.24. The van der Waals surface area contributed by atoms with Gasteiger partial charge in [-0.2, -0.15) is 0 Å². The quantitative estimate of drug-likeness (QED) is 0.328. The first-order valence-corrected chi connectivity index (χ1v) is 5.76. The fourth-order valence-corrected chi connectivity index (χ4v) is 2.15. The van der Waals surface area contributed by atoms with E-state index in [0.29, 0.717) is 6.04 Å². The van der Waals surface area contributed by atoms with E-state index in [0.717, 1.165) is 18.8 Å². The molecule has 0 aromatic heterocycles. The van der Waals surface area contributed by atoms with Gasteiger partial charge >= 0.3 is 0 Å². The Bertz CT molecular complexity index is 270. The zero-order valence-electron chi connectivity index (χ0n) is 10.0. The van der Waals surface area contributed by atoms with Crippen LogP contribution in [0.25, 0.3) is 0 Å². The molecule has 92 valence electrons. The van der Waals surface area contributed by atoms with Gasteiger partial charge in [0.05, 0.1) is 6.42 Å². The van der Waals surface area contributed by atoms with Crippen LogP contribution in [-0.2, 0) is 4.79 Å². The molecule has 16 heavy (non-hydrogen) atoms. The highest BCUT2D eigenvalue weighted by Crippen LogP contribution is 2.26. The Kier molecular flexibility index (Phi) is 4.58. The average Bonchev–Trinajstić information content (AvgIpc) is 2.28. The van der Waals surface area contributed by atoms with Gasteiger partial charge in [-0.25, -0.2) is 0 Å². The van der Waals surface area contributed by atoms with E-state index < -0.39 is 0 Å². The van der Waals surface area contributed by atoms with Crippen LogP contribution in [0.3, 0.4) is 0 Å². The first kappa shape index (κ1) is 12.8. The first-order chi connectivity index (χ1) is 7.54. The Hall–Kier alpha value is -1.26. The Labute approximate surface area is 96.3 Å². The lowest BCUT2D eigenvalue weighted by Gasteiger charge is -2.33. The third-order valence-corrected chi connectivity index (χ3v) is 3.39. The molecule has 0 aliphatic heterocycles. The van der Waals surface area contributed by atoms with Gasteiger partial charge in [0.1, 0.15) is 5.84 Å². The Morgan fingerprint density at radius 2 is 2.00 bits per heavy atom. The summed E-state index contributed by atoms with van der Waals surface area (Å²) in [5.41, 5.74) is 5.32. The fraction of sp³-hybridized carbons (Fsp3) is 0.818. The van der Waals surface area contributed by atoms with Crippen LogP contribution in [0, 0.1) is 5.92 Å². The molecule has 1 fully saturated rings. The molecule has 0 aromatic carbocycles. The number of amides is 1. The summed E-state index contributed by atoms with van der Waals surface area (Å²) in [7, 11) is 1.80. The molecule has 1 aliphatic carbocycles. The second-order valence-electron chi connectivity index (χ2n) is 4.69. The molecule has 0 spiro atoms. The van der Waals surface area contributed by atoms with Crippen LogP contribution in [0.5, 0.6) is 0 Å². The lowest BCUT2D eigenvalue weighted by atomic mass is 9.86. The molecule has 0 bridgehead atoms. The van der Waals surface area contributed by atoms with E-state index in [9.17, 15) is 4.79 Å². The first-order valence-electron chi connectivity index (χ1n) is 5.76. The van der Waals surface area contributed by atoms with Crippen molar-refractivity contribution in [3.63, 3.8) is 0 Å². The number of carbonyl (C=O) groups is 1. The minimum Gasteiger partial charge on any atom is -0.409 e. The van der Waals surface area contributed by atoms with Gasteiger partial charge in [-0.3, -0.25) is 4.79 Å². The summed E-state index contributed by atoms with van der Waals surface area (Å²) in [5.74, 6) is 0.666. The maximum atomic E-state index is 11.7. The number of amidine groups is 1. The Balaban J connectivity index is 2.44. The molecular formula is C11H21N3O2. The highest BCUT2D eigenvalue weighted by atomic mass is 16.4. The zero-order valence-corrected chi connectivity index (χ0v) is 10.0. The molecule has 1 saturated carbocycles. The number of nitrogens with zero attached hydrogens (tertiary/aromatic N) is 2. The smallest absolute Gasteiger partial charge is 0.230 e. The van der Waals surface area contributed by atoms with Crippen LogP contribution in [0.2, 0.25) is 0 Å². The van der Waals surface area contributed by atoms with Gasteiger partial charge in [0.25, 0.3) is 0 Å². The van der Waals surface area contributed by atoms with Gasteiger partial charge < -0.3 is 15.8 Å². The van der Waals surface area contributed by atoms with E-state index in [1.165, 1.54) is 12.8 Å². The van der Waals surface area contributed by atoms with Crippen molar-refractivity contribution in [1.82, 2.24) is 4.90 Å². The standard InChI is InChI=1S/C11H21N3O2/c1-8-3-5-9(6-4-8)14(2)11(15)7-10(12)13-16/h8-9,16H,3-7H2,1-2H3,(H2,12,13). The topological polar surface area (TPSA) is 78.9 Å². The molecule has 0 aromatic rings. The van der Waals surface area contributed by atoms with Crippen LogP contribution in [-0.4, -0.2) is 34.9 Å². The molecule has 1 aliphatic rings. The normalized spacial score (nSPS) is 26.5. The van der Waals surface area contributed by atoms with Crippen molar-refractivity contribution in [2.75, 3.05) is 7.05 Å². The molecule has 0 radical (unpaired) electrons. The van der Waals surface area contributed by atoms with Crippen molar-refractivity contribution in [2.24, 2.45) is 16.8 Å². The van der Waals surface area contributed by atoms with E-state index in [1.54, 1.807) is 11.9 Å². The van der Waals surface area contributed by atoms with Crippen molar-refractivity contribution >= 4 is 11.7 Å². The predicted octanol–water partition coefficient (Wildman–Crippen LogP) is 1.16. The molecule has 0 unspecified atom stereocenters. The van der Waals surface area contributed by atoms with Crippen molar-refractivity contribution in [2.45, 2.75) is 45.1 Å². The Morgan fingerprint density at radius 3 is 2.50 bits per heavy atom. The molecule has 3 N–H and O–H groups in total. The molecular weight excluding hydrogens is 206 g/mol. The van der Waals surface area contributed by atoms with Crippen LogP contribution < -0.4 is 5.73 Å². The maximum absolute atomic E-state index is 11.7. The number of oxime groups is 1. The lowest BCUT2D eigenvalue weighted by molar-refractivity contribution is -0.131. The van der Waals surface area contributed by atoms with Gasteiger partial charge in [0, 0.05) is 13.1 Å². The number of rotatable bonds is 3. The van der Waals surface area contributed by atoms with Crippen LogP contribution in [0.1, 0.15) is 39.0 Å². The van der Waals surface area contributed by atoms with Crippen molar-refractivity contribution in [3.8, 4) is 0 Å². The minimum atomic E-state index is -0.0742. The van der Waals surface area contributed by atoms with E-state index in [-0.39, 0.29) is 18.2 Å². The van der Waals surface area contributed by atoms with Crippen LogP contribution >= 0.6 is 0 Å². The van der Waals surface area contributed by atoms with Gasteiger partial charge in [-0.05, 0) is 31.6 Å². The predicted molar refractivity (Wildman–Crippen MR) is 62.2 cm³/mol. The summed E-state index contributed by atoms with van der Waals surface area (Å²) < 4.78 is 0. The van der Waals surface area contributed by atoms with Gasteiger partial charge in [-0.15, -0.1) is 0 Å². The summed E-state index contributed by atoms with van der Waals surface area (Å²) >= 11 is 0. The number of carbonyl (C=O) groups excluding carboxylic acids is 1. The van der Waals surface area contributed by atoms with Gasteiger partial charge in [0.2, 0.25) is 5.91 Å². The Morgan fingerprint density at radius 1 is 1.44 bits per heavy atom. The number of hydrogen-bond acceptors (Lipinski definition) is 3. The highest BCUT2D eigenvalue weighted by molar-refractivity contribution is 5.98. The van der Waals surface area contributed by atoms with E-state index >= 15 is 0 Å². The monoisotopic (exact) mass is 227 g/mol. The molecule has 0 saturated heterocycles. The van der Waals surface area contributed by atoms with Crippen molar-refractivity contribution in [1.29, 1.82) is 0 Å². The fourth-order valence-electron chi connectivity index (χ4n) is 2.15. The second-order valence-corrected chi connectivity index (χ2v) is 4.69. The van der Waals surface area contributed by atoms with E-state index in [2.05, 4.69) is 12.1 Å². The molecule has 0 heterocycles. The minimum absolute atomic E-state index is 0.000939. The third kappa shape index (κ3) is 3.40. The summed E-state index contributed by atoms with van der Waals surface area (Å²) in [6, 6.07) is 0.315. The molecule has 5 heteroatoms. The average molecular weight is 227 g/mol. The summed E-state index contributed by atoms with van der Waals surface area (Å²) in [6.45, 7) is 2.24. The zero-order chi connectivity index (χ0) is 12.1. The molecule has 0 atom stereocenters. The molecule has 1 rings (SSSR count). The number of nitrogens with two attached hydrogens (primary N) is 1. The van der Waals surface area contributed by atoms with Crippen molar-refractivity contribution in [3.05, 3.63) is 0 Å². The maximum Gasteiger partial charge on any atom is 0.230 e. The van der Waals surface area contributed by atoms with Crippen molar-refractivity contribution < 1.29 is 10.0 Å². The van der Waals surface area contributed by atoms with E-state index in [4.69, 9.17) is 10.9 Å². The largest absolute Gasteiger partial charge is 0.409 e. The second kappa shape index (κ2) is 5.72. The van der Waals surface area contributed by atoms with Crippen LogP contribution in [0.4, 0.5) is 0 Å². The third-order valence-electron chi connectivity index (χ3n) is 3.39. The summed E-state index contributed by atoms with van der Waals surface area (Å²) in [5, 5.41) is 11.2. The lowest BCUT2D eigenvalue weighted by Crippen LogP contribution is -2.40. The molecule has 5 nitrogen and oxygen atoms in total. The number of hydrogen-bond donors (Lipinski definition) is 2. The molecule has 1 amide bonds. The van der Waals surface area contributed by atoms with E-state index in [1.807, 2.05) is 0 Å².